The van der Waals surface area contributed by atoms with Crippen molar-refractivity contribution in [3.63, 3.8) is 0 Å². The molecule has 0 aromatic heterocycles. The predicted octanol–water partition coefficient (Wildman–Crippen LogP) is 3.19. The van der Waals surface area contributed by atoms with Crippen molar-refractivity contribution in [3.05, 3.63) is 29.8 Å². The predicted molar refractivity (Wildman–Crippen MR) is 87.1 cm³/mol. The van der Waals surface area contributed by atoms with Crippen molar-refractivity contribution in [1.82, 2.24) is 5.32 Å². The average Bonchev–Trinajstić information content (AvgIpc) is 2.51. The van der Waals surface area contributed by atoms with E-state index in [0.717, 1.165) is 18.4 Å². The smallest absolute Gasteiger partial charge is 0.251 e. The molecule has 0 unspecified atom stereocenters. The van der Waals surface area contributed by atoms with Crippen LogP contribution in [0.3, 0.4) is 0 Å². The molecule has 0 fully saturated rings. The van der Waals surface area contributed by atoms with Gasteiger partial charge < -0.3 is 19.5 Å². The Morgan fingerprint density at radius 1 is 1.23 bits per heavy atom. The Morgan fingerprint density at radius 3 is 2.27 bits per heavy atom. The number of rotatable bonds is 9. The summed E-state index contributed by atoms with van der Waals surface area (Å²) in [5, 5.41) is 2.87. The van der Waals surface area contributed by atoms with Gasteiger partial charge in [0.15, 0.2) is 11.5 Å². The van der Waals surface area contributed by atoms with Gasteiger partial charge in [0.1, 0.15) is 6.61 Å². The van der Waals surface area contributed by atoms with Crippen LogP contribution >= 0.6 is 0 Å². The Kier molecular flexibility index (Phi) is 7.29. The van der Waals surface area contributed by atoms with Gasteiger partial charge in [-0.15, -0.1) is 0 Å². The van der Waals surface area contributed by atoms with E-state index in [1.807, 2.05) is 6.92 Å². The molecule has 1 rings (SSSR count). The number of ether oxygens (including phenoxy) is 3. The number of carbonyl (C=O) groups excluding carboxylic acids is 1. The lowest BCUT2D eigenvalue weighted by atomic mass is 10.1. The number of methoxy groups -OCH3 is 2. The number of carbonyl (C=O) groups is 1. The first-order chi connectivity index (χ1) is 10.5. The van der Waals surface area contributed by atoms with E-state index >= 15 is 0 Å². The van der Waals surface area contributed by atoms with Gasteiger partial charge in [0.25, 0.3) is 5.91 Å². The lowest BCUT2D eigenvalue weighted by Gasteiger charge is -2.16. The monoisotopic (exact) mass is 307 g/mol. The minimum Gasteiger partial charge on any atom is -0.493 e. The van der Waals surface area contributed by atoms with Crippen LogP contribution in [0.1, 0.15) is 37.0 Å². The molecule has 0 spiro atoms. The van der Waals surface area contributed by atoms with Crippen molar-refractivity contribution < 1.29 is 19.0 Å². The zero-order valence-corrected chi connectivity index (χ0v) is 13.8. The van der Waals surface area contributed by atoms with Gasteiger partial charge in [0, 0.05) is 12.1 Å². The molecule has 1 N–H and O–H groups in total. The molecule has 0 atom stereocenters. The maximum absolute atomic E-state index is 12.2. The Morgan fingerprint density at radius 2 is 1.82 bits per heavy atom. The summed E-state index contributed by atoms with van der Waals surface area (Å²) in [5.41, 5.74) is 1.36. The van der Waals surface area contributed by atoms with E-state index in [9.17, 15) is 4.79 Å². The average molecular weight is 307 g/mol. The molecule has 1 aromatic rings. The maximum atomic E-state index is 12.2. The second-order valence-electron chi connectivity index (χ2n) is 5.07. The standard InChI is InChI=1S/C17H25NO4/c1-6-7-8-18-17(19)13-9-14(20-4)16(15(10-13)21-5)22-11-12(2)3/h9-10H,2,6-8,11H2,1,3-5H3,(H,18,19). The number of benzene rings is 1. The van der Waals surface area contributed by atoms with Gasteiger partial charge >= 0.3 is 0 Å². The molecule has 5 heteroatoms. The first-order valence-electron chi connectivity index (χ1n) is 7.34. The fourth-order valence-corrected chi connectivity index (χ4v) is 1.83. The summed E-state index contributed by atoms with van der Waals surface area (Å²) in [6.45, 7) is 8.75. The van der Waals surface area contributed by atoms with E-state index in [4.69, 9.17) is 14.2 Å². The molecule has 0 aliphatic rings. The van der Waals surface area contributed by atoms with Crippen molar-refractivity contribution in [2.24, 2.45) is 0 Å². The van der Waals surface area contributed by atoms with E-state index in [1.54, 1.807) is 12.1 Å². The molecule has 0 saturated heterocycles. The zero-order valence-electron chi connectivity index (χ0n) is 13.8. The Bertz CT molecular complexity index is 500. The van der Waals surface area contributed by atoms with Crippen LogP contribution in [-0.4, -0.2) is 33.3 Å². The van der Waals surface area contributed by atoms with Crippen molar-refractivity contribution in [2.75, 3.05) is 27.4 Å². The first kappa shape index (κ1) is 17.9. The molecular formula is C17H25NO4. The summed E-state index contributed by atoms with van der Waals surface area (Å²) >= 11 is 0. The van der Waals surface area contributed by atoms with Crippen LogP contribution in [0.5, 0.6) is 17.2 Å². The van der Waals surface area contributed by atoms with Crippen LogP contribution in [0.25, 0.3) is 0 Å². The molecular weight excluding hydrogens is 282 g/mol. The quantitative estimate of drug-likeness (QED) is 0.562. The van der Waals surface area contributed by atoms with Crippen molar-refractivity contribution in [2.45, 2.75) is 26.7 Å². The van der Waals surface area contributed by atoms with Gasteiger partial charge in [0.05, 0.1) is 14.2 Å². The van der Waals surface area contributed by atoms with E-state index in [0.29, 0.717) is 36.0 Å². The van der Waals surface area contributed by atoms with Gasteiger partial charge in [-0.2, -0.15) is 0 Å². The summed E-state index contributed by atoms with van der Waals surface area (Å²) in [6, 6.07) is 3.30. The van der Waals surface area contributed by atoms with Crippen LogP contribution in [0.15, 0.2) is 24.3 Å². The van der Waals surface area contributed by atoms with Crippen molar-refractivity contribution in [1.29, 1.82) is 0 Å². The first-order valence-corrected chi connectivity index (χ1v) is 7.34. The molecule has 22 heavy (non-hydrogen) atoms. The highest BCUT2D eigenvalue weighted by Gasteiger charge is 2.17. The van der Waals surface area contributed by atoms with Crippen LogP contribution in [-0.2, 0) is 0 Å². The fraction of sp³-hybridized carbons (Fsp3) is 0.471. The highest BCUT2D eigenvalue weighted by atomic mass is 16.5. The van der Waals surface area contributed by atoms with Gasteiger partial charge in [-0.1, -0.05) is 19.9 Å². The fourth-order valence-electron chi connectivity index (χ4n) is 1.83. The summed E-state index contributed by atoms with van der Waals surface area (Å²) < 4.78 is 16.3. The highest BCUT2D eigenvalue weighted by Crippen LogP contribution is 2.38. The van der Waals surface area contributed by atoms with Crippen molar-refractivity contribution >= 4 is 5.91 Å². The number of amides is 1. The van der Waals surface area contributed by atoms with E-state index in [2.05, 4.69) is 18.8 Å². The zero-order chi connectivity index (χ0) is 16.5. The normalized spacial score (nSPS) is 10.0. The second kappa shape index (κ2) is 8.97. The van der Waals surface area contributed by atoms with Gasteiger partial charge in [0.2, 0.25) is 5.75 Å². The molecule has 1 aromatic carbocycles. The number of nitrogens with one attached hydrogen (secondary N) is 1. The number of unbranched alkanes of at least 4 members (excludes halogenated alkanes) is 1. The van der Waals surface area contributed by atoms with E-state index in [1.165, 1.54) is 14.2 Å². The van der Waals surface area contributed by atoms with Crippen molar-refractivity contribution in [3.8, 4) is 17.2 Å². The SMILES string of the molecule is C=C(C)COc1c(OC)cc(C(=O)NCCCC)cc1OC. The molecule has 5 nitrogen and oxygen atoms in total. The van der Waals surface area contributed by atoms with Crippen LogP contribution in [0.2, 0.25) is 0 Å². The summed E-state index contributed by atoms with van der Waals surface area (Å²) in [5.74, 6) is 1.23. The lowest BCUT2D eigenvalue weighted by molar-refractivity contribution is 0.0952. The summed E-state index contributed by atoms with van der Waals surface area (Å²) in [6.07, 6.45) is 1.97. The highest BCUT2D eigenvalue weighted by molar-refractivity contribution is 5.95. The minimum atomic E-state index is -0.156. The Hall–Kier alpha value is -2.17. The molecule has 0 radical (unpaired) electrons. The third-order valence-electron chi connectivity index (χ3n) is 3.00. The minimum absolute atomic E-state index is 0.156. The molecule has 0 aliphatic carbocycles. The molecule has 0 bridgehead atoms. The van der Waals surface area contributed by atoms with E-state index < -0.39 is 0 Å². The van der Waals surface area contributed by atoms with Gasteiger partial charge in [-0.3, -0.25) is 4.79 Å². The van der Waals surface area contributed by atoms with Crippen LogP contribution in [0.4, 0.5) is 0 Å². The summed E-state index contributed by atoms with van der Waals surface area (Å²) in [7, 11) is 3.06. The number of hydrogen-bond acceptors (Lipinski definition) is 4. The van der Waals surface area contributed by atoms with E-state index in [-0.39, 0.29) is 5.91 Å². The second-order valence-corrected chi connectivity index (χ2v) is 5.07. The molecule has 0 saturated carbocycles. The topological polar surface area (TPSA) is 56.8 Å². The number of hydrogen-bond donors (Lipinski definition) is 1. The third-order valence-corrected chi connectivity index (χ3v) is 3.00. The third kappa shape index (κ3) is 4.98. The largest absolute Gasteiger partial charge is 0.493 e. The molecule has 1 amide bonds. The molecule has 122 valence electrons. The van der Waals surface area contributed by atoms with Gasteiger partial charge in [-0.25, -0.2) is 0 Å². The maximum Gasteiger partial charge on any atom is 0.251 e. The molecule has 0 heterocycles. The van der Waals surface area contributed by atoms with Gasteiger partial charge in [-0.05, 0) is 31.1 Å². The van der Waals surface area contributed by atoms with Crippen LogP contribution in [0, 0.1) is 0 Å². The Balaban J connectivity index is 3.02. The van der Waals surface area contributed by atoms with Crippen LogP contribution < -0.4 is 19.5 Å². The Labute approximate surface area is 132 Å². The summed E-state index contributed by atoms with van der Waals surface area (Å²) in [4.78, 5) is 12.2. The molecule has 0 aliphatic heterocycles. The lowest BCUT2D eigenvalue weighted by Crippen LogP contribution is -2.24.